The minimum atomic E-state index is -0.0323. The van der Waals surface area contributed by atoms with Gasteiger partial charge in [-0.1, -0.05) is 61.2 Å². The van der Waals surface area contributed by atoms with Crippen LogP contribution in [0.1, 0.15) is 11.1 Å². The van der Waals surface area contributed by atoms with Crippen LogP contribution in [0.4, 0.5) is 0 Å². The van der Waals surface area contributed by atoms with Crippen molar-refractivity contribution in [2.24, 2.45) is 0 Å². The van der Waals surface area contributed by atoms with Crippen molar-refractivity contribution < 1.29 is 4.74 Å². The summed E-state index contributed by atoms with van der Waals surface area (Å²) in [5, 5.41) is 0. The predicted octanol–water partition coefficient (Wildman–Crippen LogP) is 4.26. The quantitative estimate of drug-likeness (QED) is 0.737. The van der Waals surface area contributed by atoms with Gasteiger partial charge in [0, 0.05) is 5.56 Å². The Bertz CT molecular complexity index is 611. The first-order chi connectivity index (χ1) is 9.33. The lowest BCUT2D eigenvalue weighted by atomic mass is 9.99. The highest BCUT2D eigenvalue weighted by molar-refractivity contribution is 5.60. The van der Waals surface area contributed by atoms with Gasteiger partial charge in [0.2, 0.25) is 0 Å². The molecule has 0 saturated heterocycles. The van der Waals surface area contributed by atoms with Crippen molar-refractivity contribution in [1.29, 1.82) is 0 Å². The maximum atomic E-state index is 5.98. The topological polar surface area (TPSA) is 9.23 Å². The Hall–Kier alpha value is -2.28. The predicted molar refractivity (Wildman–Crippen MR) is 79.2 cm³/mol. The lowest BCUT2D eigenvalue weighted by molar-refractivity contribution is 0.278. The molecule has 0 saturated carbocycles. The van der Waals surface area contributed by atoms with Crippen LogP contribution in [0.3, 0.4) is 0 Å². The van der Waals surface area contributed by atoms with Gasteiger partial charge in [-0.2, -0.15) is 0 Å². The van der Waals surface area contributed by atoms with Crippen LogP contribution >= 0.6 is 0 Å². The number of hydrogen-bond acceptors (Lipinski definition) is 1. The highest BCUT2D eigenvalue weighted by Crippen LogP contribution is 2.28. The molecule has 2 aromatic rings. The summed E-state index contributed by atoms with van der Waals surface area (Å²) in [7, 11) is 0. The Morgan fingerprint density at radius 2 is 1.74 bits per heavy atom. The molecule has 1 unspecified atom stereocenters. The van der Waals surface area contributed by atoms with E-state index in [1.54, 1.807) is 0 Å². The second-order valence-corrected chi connectivity index (χ2v) is 4.76. The summed E-state index contributed by atoms with van der Waals surface area (Å²) in [6, 6.07) is 18.4. The van der Waals surface area contributed by atoms with E-state index in [1.165, 1.54) is 5.56 Å². The van der Waals surface area contributed by atoms with E-state index >= 15 is 0 Å². The first-order valence-corrected chi connectivity index (χ1v) is 6.48. The number of hydrogen-bond donors (Lipinski definition) is 0. The zero-order valence-electron chi connectivity index (χ0n) is 10.8. The van der Waals surface area contributed by atoms with Crippen LogP contribution in [0.15, 0.2) is 72.8 Å². The van der Waals surface area contributed by atoms with Crippen molar-refractivity contribution in [3.8, 4) is 5.75 Å². The standard InChI is InChI=1S/C18H16O/c1-14(13-15-7-3-2-4-8-15)17-12-11-16-9-5-6-10-18(16)19-17/h2-12,17H,1,13H2. The number of para-hydroxylation sites is 1. The van der Waals surface area contributed by atoms with E-state index in [9.17, 15) is 0 Å². The van der Waals surface area contributed by atoms with Crippen molar-refractivity contribution in [3.63, 3.8) is 0 Å². The van der Waals surface area contributed by atoms with Crippen molar-refractivity contribution in [3.05, 3.63) is 84.0 Å². The largest absolute Gasteiger partial charge is 0.481 e. The highest BCUT2D eigenvalue weighted by atomic mass is 16.5. The molecule has 1 heteroatoms. The molecule has 3 rings (SSSR count). The van der Waals surface area contributed by atoms with Gasteiger partial charge >= 0.3 is 0 Å². The fourth-order valence-corrected chi connectivity index (χ4v) is 2.27. The fraction of sp³-hybridized carbons (Fsp3) is 0.111. The Kier molecular flexibility index (Phi) is 3.20. The van der Waals surface area contributed by atoms with Crippen LogP contribution in [0.5, 0.6) is 5.75 Å². The third-order valence-electron chi connectivity index (χ3n) is 3.30. The molecule has 94 valence electrons. The third-order valence-corrected chi connectivity index (χ3v) is 3.30. The van der Waals surface area contributed by atoms with Gasteiger partial charge in [-0.25, -0.2) is 0 Å². The van der Waals surface area contributed by atoms with E-state index in [1.807, 2.05) is 24.3 Å². The average molecular weight is 248 g/mol. The van der Waals surface area contributed by atoms with Crippen LogP contribution in [0, 0.1) is 0 Å². The van der Waals surface area contributed by atoms with Crippen LogP contribution in [0.25, 0.3) is 6.08 Å². The Morgan fingerprint density at radius 1 is 1.00 bits per heavy atom. The lowest BCUT2D eigenvalue weighted by Gasteiger charge is -2.23. The molecule has 2 aromatic carbocycles. The summed E-state index contributed by atoms with van der Waals surface area (Å²) in [5.74, 6) is 0.934. The number of ether oxygens (including phenoxy) is 1. The molecule has 0 aromatic heterocycles. The molecule has 0 aliphatic carbocycles. The van der Waals surface area contributed by atoms with Crippen LogP contribution in [-0.2, 0) is 6.42 Å². The minimum absolute atomic E-state index is 0.0323. The molecule has 0 spiro atoms. The Morgan fingerprint density at radius 3 is 2.58 bits per heavy atom. The van der Waals surface area contributed by atoms with Gasteiger partial charge in [0.15, 0.2) is 0 Å². The van der Waals surface area contributed by atoms with E-state index in [4.69, 9.17) is 4.74 Å². The van der Waals surface area contributed by atoms with Gasteiger partial charge < -0.3 is 4.74 Å². The van der Waals surface area contributed by atoms with Gasteiger partial charge in [-0.05, 0) is 29.7 Å². The Labute approximate surface area is 113 Å². The number of benzene rings is 2. The monoisotopic (exact) mass is 248 g/mol. The van der Waals surface area contributed by atoms with E-state index in [-0.39, 0.29) is 6.10 Å². The van der Waals surface area contributed by atoms with Gasteiger partial charge in [0.05, 0.1) is 0 Å². The molecule has 19 heavy (non-hydrogen) atoms. The van der Waals surface area contributed by atoms with Gasteiger partial charge in [-0.3, -0.25) is 0 Å². The molecule has 0 amide bonds. The molecule has 1 atom stereocenters. The molecular formula is C18H16O. The smallest absolute Gasteiger partial charge is 0.138 e. The summed E-state index contributed by atoms with van der Waals surface area (Å²) in [4.78, 5) is 0. The Balaban J connectivity index is 1.73. The normalized spacial score (nSPS) is 16.5. The summed E-state index contributed by atoms with van der Waals surface area (Å²) in [6.45, 7) is 4.17. The van der Waals surface area contributed by atoms with Crippen molar-refractivity contribution in [2.75, 3.05) is 0 Å². The van der Waals surface area contributed by atoms with Gasteiger partial charge in [0.1, 0.15) is 11.9 Å². The minimum Gasteiger partial charge on any atom is -0.481 e. The van der Waals surface area contributed by atoms with Crippen LogP contribution < -0.4 is 4.74 Å². The van der Waals surface area contributed by atoms with E-state index in [2.05, 4.69) is 49.1 Å². The molecule has 0 N–H and O–H groups in total. The van der Waals surface area contributed by atoms with Crippen molar-refractivity contribution in [1.82, 2.24) is 0 Å². The second-order valence-electron chi connectivity index (χ2n) is 4.76. The van der Waals surface area contributed by atoms with Gasteiger partial charge in [0.25, 0.3) is 0 Å². The lowest BCUT2D eigenvalue weighted by Crippen LogP contribution is -2.20. The first-order valence-electron chi connectivity index (χ1n) is 6.48. The molecule has 0 bridgehead atoms. The second kappa shape index (κ2) is 5.15. The van der Waals surface area contributed by atoms with Crippen LogP contribution in [-0.4, -0.2) is 6.10 Å². The zero-order chi connectivity index (χ0) is 13.1. The van der Waals surface area contributed by atoms with E-state index < -0.39 is 0 Å². The number of rotatable bonds is 3. The maximum absolute atomic E-state index is 5.98. The van der Waals surface area contributed by atoms with Gasteiger partial charge in [-0.15, -0.1) is 0 Å². The molecule has 1 aliphatic rings. The SMILES string of the molecule is C=C(Cc1ccccc1)C1C=Cc2ccccc2O1. The first kappa shape index (κ1) is 11.8. The molecule has 0 fully saturated rings. The number of fused-ring (bicyclic) bond motifs is 1. The molecule has 1 heterocycles. The average Bonchev–Trinajstić information content (AvgIpc) is 2.48. The summed E-state index contributed by atoms with van der Waals surface area (Å²) < 4.78 is 5.98. The summed E-state index contributed by atoms with van der Waals surface area (Å²) in [5.41, 5.74) is 3.48. The maximum Gasteiger partial charge on any atom is 0.138 e. The van der Waals surface area contributed by atoms with E-state index in [0.29, 0.717) is 0 Å². The molecule has 1 nitrogen and oxygen atoms in total. The summed E-state index contributed by atoms with van der Waals surface area (Å²) >= 11 is 0. The molecule has 0 radical (unpaired) electrons. The van der Waals surface area contributed by atoms with Crippen LogP contribution in [0.2, 0.25) is 0 Å². The third kappa shape index (κ3) is 2.60. The van der Waals surface area contributed by atoms with Crippen molar-refractivity contribution in [2.45, 2.75) is 12.5 Å². The molecular weight excluding hydrogens is 232 g/mol. The van der Waals surface area contributed by atoms with E-state index in [0.717, 1.165) is 23.3 Å². The molecule has 1 aliphatic heterocycles. The van der Waals surface area contributed by atoms with Crippen molar-refractivity contribution >= 4 is 6.08 Å². The zero-order valence-corrected chi connectivity index (χ0v) is 10.8. The fourth-order valence-electron chi connectivity index (χ4n) is 2.27. The summed E-state index contributed by atoms with van der Waals surface area (Å²) in [6.07, 6.45) is 5.00. The highest BCUT2D eigenvalue weighted by Gasteiger charge is 2.16.